The third kappa shape index (κ3) is 3.62. The minimum atomic E-state index is 0.240. The quantitative estimate of drug-likeness (QED) is 0.773. The van der Waals surface area contributed by atoms with Gasteiger partial charge in [-0.25, -0.2) is 0 Å². The highest BCUT2D eigenvalue weighted by atomic mass is 16.3. The van der Waals surface area contributed by atoms with Gasteiger partial charge in [-0.05, 0) is 30.4 Å². The Balaban J connectivity index is 2.54. The maximum Gasteiger partial charge on any atom is 0.0471 e. The van der Waals surface area contributed by atoms with Crippen LogP contribution in [0.2, 0.25) is 0 Å². The molecule has 1 aromatic rings. The van der Waals surface area contributed by atoms with Crippen LogP contribution in [0.5, 0.6) is 0 Å². The summed E-state index contributed by atoms with van der Waals surface area (Å²) in [6, 6.07) is 8.85. The van der Waals surface area contributed by atoms with Gasteiger partial charge in [0.15, 0.2) is 0 Å². The zero-order valence-corrected chi connectivity index (χ0v) is 10.5. The first-order valence-corrected chi connectivity index (χ1v) is 6.10. The van der Waals surface area contributed by atoms with Crippen LogP contribution in [0.4, 0.5) is 0 Å². The van der Waals surface area contributed by atoms with Crippen molar-refractivity contribution < 1.29 is 5.11 Å². The number of hydrogen-bond acceptors (Lipinski definition) is 2. The molecule has 2 heteroatoms. The topological polar surface area (TPSA) is 32.3 Å². The summed E-state index contributed by atoms with van der Waals surface area (Å²) < 4.78 is 0. The molecule has 0 bridgehead atoms. The van der Waals surface area contributed by atoms with E-state index < -0.39 is 0 Å². The van der Waals surface area contributed by atoms with Crippen molar-refractivity contribution in [3.05, 3.63) is 35.4 Å². The maximum absolute atomic E-state index is 9.06. The molecule has 90 valence electrons. The van der Waals surface area contributed by atoms with E-state index in [0.29, 0.717) is 12.0 Å². The smallest absolute Gasteiger partial charge is 0.0471 e. The number of aryl methyl sites for hydroxylation is 1. The largest absolute Gasteiger partial charge is 0.396 e. The lowest BCUT2D eigenvalue weighted by Gasteiger charge is -2.20. The Bertz CT molecular complexity index is 311. The molecule has 2 unspecified atom stereocenters. The SMILES string of the molecule is CCc1ccccc1CNC(C)C(C)CO. The van der Waals surface area contributed by atoms with Crippen LogP contribution < -0.4 is 5.32 Å². The molecule has 2 nitrogen and oxygen atoms in total. The average Bonchev–Trinajstić information content (AvgIpc) is 2.35. The van der Waals surface area contributed by atoms with Gasteiger partial charge in [0.1, 0.15) is 0 Å². The molecule has 0 aliphatic rings. The molecule has 0 amide bonds. The number of benzene rings is 1. The molecule has 2 atom stereocenters. The molecule has 0 aliphatic heterocycles. The van der Waals surface area contributed by atoms with Gasteiger partial charge in [-0.2, -0.15) is 0 Å². The molecule has 1 rings (SSSR count). The van der Waals surface area contributed by atoms with Gasteiger partial charge in [0.2, 0.25) is 0 Å². The fourth-order valence-corrected chi connectivity index (χ4v) is 1.71. The van der Waals surface area contributed by atoms with Crippen LogP contribution in [0.25, 0.3) is 0 Å². The molecule has 16 heavy (non-hydrogen) atoms. The van der Waals surface area contributed by atoms with Gasteiger partial charge in [-0.3, -0.25) is 0 Å². The summed E-state index contributed by atoms with van der Waals surface area (Å²) in [4.78, 5) is 0. The summed E-state index contributed by atoms with van der Waals surface area (Å²) in [5.41, 5.74) is 2.76. The molecular weight excluding hydrogens is 198 g/mol. The summed E-state index contributed by atoms with van der Waals surface area (Å²) in [6.45, 7) is 7.48. The molecule has 0 radical (unpaired) electrons. The van der Waals surface area contributed by atoms with Crippen molar-refractivity contribution in [1.82, 2.24) is 5.32 Å². The van der Waals surface area contributed by atoms with Crippen molar-refractivity contribution in [3.63, 3.8) is 0 Å². The van der Waals surface area contributed by atoms with E-state index in [-0.39, 0.29) is 6.61 Å². The van der Waals surface area contributed by atoms with Crippen LogP contribution in [0.1, 0.15) is 31.9 Å². The van der Waals surface area contributed by atoms with Crippen LogP contribution >= 0.6 is 0 Å². The number of aliphatic hydroxyl groups excluding tert-OH is 1. The second-order valence-corrected chi connectivity index (χ2v) is 4.45. The van der Waals surface area contributed by atoms with Crippen molar-refractivity contribution in [2.45, 2.75) is 39.8 Å². The van der Waals surface area contributed by atoms with Crippen LogP contribution in [0.3, 0.4) is 0 Å². The zero-order valence-electron chi connectivity index (χ0n) is 10.5. The molecule has 0 spiro atoms. The molecule has 0 heterocycles. The van der Waals surface area contributed by atoms with Gasteiger partial charge < -0.3 is 10.4 Å². The molecule has 1 aromatic carbocycles. The van der Waals surface area contributed by atoms with Crippen molar-refractivity contribution in [3.8, 4) is 0 Å². The van der Waals surface area contributed by atoms with E-state index in [9.17, 15) is 0 Å². The van der Waals surface area contributed by atoms with Crippen molar-refractivity contribution in [2.24, 2.45) is 5.92 Å². The summed E-state index contributed by atoms with van der Waals surface area (Å²) in [5.74, 6) is 0.300. The molecule has 0 aliphatic carbocycles. The molecule has 0 aromatic heterocycles. The number of rotatable bonds is 6. The minimum Gasteiger partial charge on any atom is -0.396 e. The summed E-state index contributed by atoms with van der Waals surface area (Å²) in [5, 5.41) is 12.5. The Kier molecular flexibility index (Phi) is 5.50. The Morgan fingerprint density at radius 3 is 2.38 bits per heavy atom. The molecule has 2 N–H and O–H groups in total. The predicted molar refractivity (Wildman–Crippen MR) is 68.4 cm³/mol. The molecule has 0 saturated carbocycles. The highest BCUT2D eigenvalue weighted by molar-refractivity contribution is 5.26. The van der Waals surface area contributed by atoms with Gasteiger partial charge >= 0.3 is 0 Å². The Morgan fingerprint density at radius 2 is 1.81 bits per heavy atom. The fraction of sp³-hybridized carbons (Fsp3) is 0.571. The van der Waals surface area contributed by atoms with Crippen molar-refractivity contribution in [2.75, 3.05) is 6.61 Å². The fourth-order valence-electron chi connectivity index (χ4n) is 1.71. The Labute approximate surface area is 98.7 Å². The van der Waals surface area contributed by atoms with Crippen LogP contribution in [0.15, 0.2) is 24.3 Å². The summed E-state index contributed by atoms with van der Waals surface area (Å²) >= 11 is 0. The zero-order chi connectivity index (χ0) is 12.0. The molecule has 0 saturated heterocycles. The van der Waals surface area contributed by atoms with E-state index in [2.05, 4.69) is 50.4 Å². The molecule has 0 fully saturated rings. The Hall–Kier alpha value is -0.860. The lowest BCUT2D eigenvalue weighted by Crippen LogP contribution is -2.33. The van der Waals surface area contributed by atoms with Crippen LogP contribution in [-0.4, -0.2) is 17.8 Å². The van der Waals surface area contributed by atoms with E-state index in [0.717, 1.165) is 13.0 Å². The lowest BCUT2D eigenvalue weighted by atomic mass is 10.0. The average molecular weight is 221 g/mol. The van der Waals surface area contributed by atoms with E-state index in [1.165, 1.54) is 11.1 Å². The first-order valence-electron chi connectivity index (χ1n) is 6.10. The van der Waals surface area contributed by atoms with Crippen molar-refractivity contribution in [1.29, 1.82) is 0 Å². The first-order chi connectivity index (χ1) is 7.69. The van der Waals surface area contributed by atoms with Gasteiger partial charge in [-0.15, -0.1) is 0 Å². The lowest BCUT2D eigenvalue weighted by molar-refractivity contribution is 0.207. The van der Waals surface area contributed by atoms with E-state index >= 15 is 0 Å². The predicted octanol–water partition coefficient (Wildman–Crippen LogP) is 2.36. The number of hydrogen-bond donors (Lipinski definition) is 2. The second kappa shape index (κ2) is 6.66. The van der Waals surface area contributed by atoms with Crippen molar-refractivity contribution >= 4 is 0 Å². The van der Waals surface area contributed by atoms with E-state index in [1.54, 1.807) is 0 Å². The van der Waals surface area contributed by atoms with Crippen LogP contribution in [-0.2, 0) is 13.0 Å². The highest BCUT2D eigenvalue weighted by Gasteiger charge is 2.10. The summed E-state index contributed by atoms with van der Waals surface area (Å²) in [6.07, 6.45) is 1.07. The Morgan fingerprint density at radius 1 is 1.19 bits per heavy atom. The van der Waals surface area contributed by atoms with Crippen LogP contribution in [0, 0.1) is 5.92 Å². The monoisotopic (exact) mass is 221 g/mol. The molecular formula is C14H23NO. The normalized spacial score (nSPS) is 14.8. The van der Waals surface area contributed by atoms with E-state index in [1.807, 2.05) is 0 Å². The van der Waals surface area contributed by atoms with Gasteiger partial charge in [-0.1, -0.05) is 38.1 Å². The third-order valence-electron chi connectivity index (χ3n) is 3.26. The maximum atomic E-state index is 9.06. The summed E-state index contributed by atoms with van der Waals surface area (Å²) in [7, 11) is 0. The number of aliphatic hydroxyl groups is 1. The third-order valence-corrected chi connectivity index (χ3v) is 3.26. The van der Waals surface area contributed by atoms with Gasteiger partial charge in [0.05, 0.1) is 0 Å². The van der Waals surface area contributed by atoms with Gasteiger partial charge in [0.25, 0.3) is 0 Å². The number of nitrogens with one attached hydrogen (secondary N) is 1. The second-order valence-electron chi connectivity index (χ2n) is 4.45. The van der Waals surface area contributed by atoms with Gasteiger partial charge in [0, 0.05) is 19.2 Å². The minimum absolute atomic E-state index is 0.240. The van der Waals surface area contributed by atoms with E-state index in [4.69, 9.17) is 5.11 Å². The standard InChI is InChI=1S/C14H23NO/c1-4-13-7-5-6-8-14(13)9-15-12(3)11(2)10-16/h5-8,11-12,15-16H,4,9-10H2,1-3H3. The highest BCUT2D eigenvalue weighted by Crippen LogP contribution is 2.10. The first kappa shape index (κ1) is 13.2.